The molecule has 0 saturated carbocycles. The third kappa shape index (κ3) is 8.80. The highest BCUT2D eigenvalue weighted by atomic mass is 16.3. The zero-order chi connectivity index (χ0) is 14.9. The summed E-state index contributed by atoms with van der Waals surface area (Å²) in [7, 11) is 6.49. The van der Waals surface area contributed by atoms with Crippen LogP contribution >= 0.6 is 0 Å². The Kier molecular flexibility index (Phi) is 13.9. The second-order valence-corrected chi connectivity index (χ2v) is 5.78. The predicted octanol–water partition coefficient (Wildman–Crippen LogP) is 2.34. The van der Waals surface area contributed by atoms with Gasteiger partial charge in [0.05, 0.1) is 40.8 Å². The highest BCUT2D eigenvalue weighted by molar-refractivity contribution is 5.40. The molecule has 5 heteroatoms. The van der Waals surface area contributed by atoms with E-state index in [1.54, 1.807) is 0 Å². The lowest BCUT2D eigenvalue weighted by Crippen LogP contribution is -2.48. The number of nitrogens with zero attached hydrogens (tertiary/aromatic N) is 2. The van der Waals surface area contributed by atoms with Gasteiger partial charge in [-0.25, -0.2) is 0 Å². The van der Waals surface area contributed by atoms with E-state index in [-0.39, 0.29) is 17.7 Å². The number of para-hydroxylation sites is 1. The van der Waals surface area contributed by atoms with Crippen molar-refractivity contribution in [2.24, 2.45) is 0 Å². The van der Waals surface area contributed by atoms with Crippen LogP contribution in [0.15, 0.2) is 30.3 Å². The van der Waals surface area contributed by atoms with Crippen molar-refractivity contribution in [3.05, 3.63) is 30.3 Å². The minimum atomic E-state index is 0. The summed E-state index contributed by atoms with van der Waals surface area (Å²) in [5.41, 5.74) is 1.34. The molecule has 3 N–H and O–H groups in total. The van der Waals surface area contributed by atoms with Crippen molar-refractivity contribution in [2.45, 2.75) is 20.8 Å². The molecule has 126 valence electrons. The normalized spacial score (nSPS) is 10.6. The number of aliphatic hydroxyl groups excluding tert-OH is 1. The summed E-state index contributed by atoms with van der Waals surface area (Å²) in [5, 5.41) is 8.95. The first-order chi connectivity index (χ1) is 8.85. The summed E-state index contributed by atoms with van der Waals surface area (Å²) >= 11 is 0. The fourth-order valence-electron chi connectivity index (χ4n) is 1.85. The fourth-order valence-corrected chi connectivity index (χ4v) is 1.85. The van der Waals surface area contributed by atoms with Gasteiger partial charge in [-0.05, 0) is 32.9 Å². The first-order valence-electron chi connectivity index (χ1n) is 7.18. The topological polar surface area (TPSA) is 80.2 Å². The first kappa shape index (κ1) is 25.0. The van der Waals surface area contributed by atoms with E-state index >= 15 is 0 Å². The van der Waals surface area contributed by atoms with Crippen LogP contribution in [0, 0.1) is 0 Å². The van der Waals surface area contributed by atoms with Crippen LogP contribution in [0.5, 0.6) is 0 Å². The molecule has 0 saturated heterocycles. The fraction of sp³-hybridized carbons (Fsp3) is 0.625. The first-order valence-corrected chi connectivity index (χ1v) is 7.18. The summed E-state index contributed by atoms with van der Waals surface area (Å²) in [6.07, 6.45) is 0. The zero-order valence-corrected chi connectivity index (χ0v) is 14.5. The Morgan fingerprint density at radius 1 is 0.810 bits per heavy atom. The lowest BCUT2D eigenvalue weighted by atomic mass is 10.3. The molecule has 5 nitrogen and oxygen atoms in total. The van der Waals surface area contributed by atoms with E-state index in [4.69, 9.17) is 5.11 Å². The second-order valence-electron chi connectivity index (χ2n) is 5.78. The highest BCUT2D eigenvalue weighted by Gasteiger charge is 2.17. The molecule has 0 amide bonds. The molecular formula is C16H34N2O3. The molecule has 0 aliphatic carbocycles. The number of hydrogen-bond donors (Lipinski definition) is 1. The molecule has 21 heavy (non-hydrogen) atoms. The smallest absolute Gasteiger partial charge is 0.180 e. The molecule has 0 radical (unpaired) electrons. The minimum absolute atomic E-state index is 0. The Morgan fingerprint density at radius 2 is 1.19 bits per heavy atom. The summed E-state index contributed by atoms with van der Waals surface area (Å²) in [5.74, 6) is 0. The van der Waals surface area contributed by atoms with Gasteiger partial charge in [0.25, 0.3) is 0 Å². The quantitative estimate of drug-likeness (QED) is 0.669. The number of quaternary nitrogens is 2. The molecular weight excluding hydrogens is 268 g/mol. The Labute approximate surface area is 130 Å². The van der Waals surface area contributed by atoms with E-state index in [1.807, 2.05) is 6.07 Å². The summed E-state index contributed by atoms with van der Waals surface area (Å²) < 4.78 is 1.72. The minimum Gasteiger partial charge on any atom is -0.870 e. The largest absolute Gasteiger partial charge is 0.870 e. The third-order valence-corrected chi connectivity index (χ3v) is 3.84. The van der Waals surface area contributed by atoms with Gasteiger partial charge in [-0.15, -0.1) is 0 Å². The standard InChI is InChI=1S/C9H14N.C7H18NO.2H2O/c1-10(2,3)9-7-5-4-6-8-9;1-4-8(5-2,6-3)7-9;;/h4-8H,1-3H3;9H,4-7H2,1-3H3;2*1H2/q2*+1;;/p-2. The van der Waals surface area contributed by atoms with E-state index in [0.29, 0.717) is 0 Å². The molecule has 0 fully saturated rings. The van der Waals surface area contributed by atoms with Gasteiger partial charge < -0.3 is 20.5 Å². The van der Waals surface area contributed by atoms with Crippen LogP contribution in [0.25, 0.3) is 0 Å². The van der Waals surface area contributed by atoms with Crippen LogP contribution in [0.2, 0.25) is 0 Å². The molecule has 1 aromatic carbocycles. The summed E-state index contributed by atoms with van der Waals surface area (Å²) in [6.45, 7) is 9.72. The molecule has 1 aromatic rings. The molecule has 0 bridgehead atoms. The predicted molar refractivity (Wildman–Crippen MR) is 88.8 cm³/mol. The number of benzene rings is 1. The van der Waals surface area contributed by atoms with Crippen molar-refractivity contribution >= 4 is 5.69 Å². The van der Waals surface area contributed by atoms with Gasteiger partial charge in [-0.1, -0.05) is 18.2 Å². The second kappa shape index (κ2) is 11.7. The lowest BCUT2D eigenvalue weighted by Gasteiger charge is -2.32. The SMILES string of the molecule is CC[N+](CC)(CC)CO.C[N+](C)(C)c1ccccc1.[OH-].[OH-]. The van der Waals surface area contributed by atoms with Gasteiger partial charge in [0.2, 0.25) is 0 Å². The molecule has 0 aliphatic rings. The van der Waals surface area contributed by atoms with Gasteiger partial charge in [0.15, 0.2) is 6.73 Å². The van der Waals surface area contributed by atoms with Crippen LogP contribution < -0.4 is 4.48 Å². The van der Waals surface area contributed by atoms with Gasteiger partial charge >= 0.3 is 0 Å². The molecule has 0 aromatic heterocycles. The Hall–Kier alpha value is -0.980. The molecule has 0 unspecified atom stereocenters. The van der Waals surface area contributed by atoms with Crippen LogP contribution in [0.4, 0.5) is 5.69 Å². The maximum Gasteiger partial charge on any atom is 0.180 e. The Balaban J connectivity index is -0.000000284. The van der Waals surface area contributed by atoms with Gasteiger partial charge in [0, 0.05) is 0 Å². The monoisotopic (exact) mass is 302 g/mol. The Morgan fingerprint density at radius 3 is 1.33 bits per heavy atom. The van der Waals surface area contributed by atoms with Crippen molar-refractivity contribution in [3.63, 3.8) is 0 Å². The average Bonchev–Trinajstić information content (AvgIpc) is 2.43. The van der Waals surface area contributed by atoms with Crippen LogP contribution in [-0.2, 0) is 0 Å². The number of rotatable bonds is 5. The van der Waals surface area contributed by atoms with Crippen LogP contribution in [0.3, 0.4) is 0 Å². The third-order valence-electron chi connectivity index (χ3n) is 3.84. The van der Waals surface area contributed by atoms with Crippen LogP contribution in [-0.4, -0.2) is 68.1 Å². The average molecular weight is 302 g/mol. The van der Waals surface area contributed by atoms with Gasteiger partial charge in [-0.2, -0.15) is 0 Å². The highest BCUT2D eigenvalue weighted by Crippen LogP contribution is 2.14. The molecule has 0 aliphatic heterocycles. The molecule has 0 heterocycles. The van der Waals surface area contributed by atoms with E-state index in [9.17, 15) is 0 Å². The summed E-state index contributed by atoms with van der Waals surface area (Å²) in [6, 6.07) is 10.5. The van der Waals surface area contributed by atoms with Crippen molar-refractivity contribution in [2.75, 3.05) is 47.5 Å². The summed E-state index contributed by atoms with van der Waals surface area (Å²) in [4.78, 5) is 0. The molecule has 0 spiro atoms. The van der Waals surface area contributed by atoms with E-state index < -0.39 is 0 Å². The molecule has 0 atom stereocenters. The molecule has 1 rings (SSSR count). The Bertz CT molecular complexity index is 316. The van der Waals surface area contributed by atoms with Crippen molar-refractivity contribution in [1.29, 1.82) is 0 Å². The maximum absolute atomic E-state index is 8.95. The van der Waals surface area contributed by atoms with E-state index in [2.05, 4.69) is 66.2 Å². The lowest BCUT2D eigenvalue weighted by molar-refractivity contribution is -0.940. The van der Waals surface area contributed by atoms with Crippen molar-refractivity contribution in [1.82, 2.24) is 4.48 Å². The van der Waals surface area contributed by atoms with E-state index in [1.165, 1.54) is 5.69 Å². The number of aliphatic hydroxyl groups is 1. The number of hydrogen-bond acceptors (Lipinski definition) is 3. The van der Waals surface area contributed by atoms with E-state index in [0.717, 1.165) is 28.6 Å². The zero-order valence-electron chi connectivity index (χ0n) is 14.5. The van der Waals surface area contributed by atoms with Gasteiger partial charge in [-0.3, -0.25) is 4.48 Å². The van der Waals surface area contributed by atoms with Crippen molar-refractivity contribution in [3.8, 4) is 0 Å². The van der Waals surface area contributed by atoms with Crippen LogP contribution in [0.1, 0.15) is 20.8 Å². The van der Waals surface area contributed by atoms with Crippen molar-refractivity contribution < 1.29 is 20.5 Å². The maximum atomic E-state index is 8.95. The van der Waals surface area contributed by atoms with Gasteiger partial charge in [0.1, 0.15) is 5.69 Å².